The lowest BCUT2D eigenvalue weighted by Gasteiger charge is -2.07. The SMILES string of the molecule is Cc1cccc(CNS(=O)(=O)Cc2cccc(N)c2)n1. The van der Waals surface area contributed by atoms with Crippen LogP contribution in [0, 0.1) is 6.92 Å². The van der Waals surface area contributed by atoms with Crippen LogP contribution in [0.15, 0.2) is 42.5 Å². The van der Waals surface area contributed by atoms with Crippen LogP contribution in [-0.4, -0.2) is 13.4 Å². The molecule has 6 heteroatoms. The molecule has 20 heavy (non-hydrogen) atoms. The summed E-state index contributed by atoms with van der Waals surface area (Å²) in [6, 6.07) is 12.4. The molecule has 0 aliphatic carbocycles. The van der Waals surface area contributed by atoms with Crippen LogP contribution in [0.2, 0.25) is 0 Å². The highest BCUT2D eigenvalue weighted by Crippen LogP contribution is 2.10. The fourth-order valence-corrected chi connectivity index (χ4v) is 2.92. The number of hydrogen-bond donors (Lipinski definition) is 2. The first-order chi connectivity index (χ1) is 9.44. The first-order valence-electron chi connectivity index (χ1n) is 6.19. The Morgan fingerprint density at radius 3 is 2.65 bits per heavy atom. The van der Waals surface area contributed by atoms with Crippen LogP contribution in [0.1, 0.15) is 17.0 Å². The molecule has 0 unspecified atom stereocenters. The van der Waals surface area contributed by atoms with Gasteiger partial charge in [0.2, 0.25) is 10.0 Å². The molecule has 3 N–H and O–H groups in total. The summed E-state index contributed by atoms with van der Waals surface area (Å²) < 4.78 is 26.5. The van der Waals surface area contributed by atoms with Crippen molar-refractivity contribution in [2.75, 3.05) is 5.73 Å². The summed E-state index contributed by atoms with van der Waals surface area (Å²) >= 11 is 0. The molecule has 2 rings (SSSR count). The van der Waals surface area contributed by atoms with Gasteiger partial charge in [-0.3, -0.25) is 4.98 Å². The Morgan fingerprint density at radius 2 is 1.95 bits per heavy atom. The van der Waals surface area contributed by atoms with Gasteiger partial charge < -0.3 is 5.73 Å². The minimum atomic E-state index is -3.41. The van der Waals surface area contributed by atoms with Gasteiger partial charge in [-0.2, -0.15) is 0 Å². The van der Waals surface area contributed by atoms with E-state index in [1.54, 1.807) is 30.3 Å². The molecule has 1 aromatic carbocycles. The lowest BCUT2D eigenvalue weighted by Crippen LogP contribution is -2.25. The van der Waals surface area contributed by atoms with E-state index in [2.05, 4.69) is 9.71 Å². The second-order valence-electron chi connectivity index (χ2n) is 4.60. The van der Waals surface area contributed by atoms with Gasteiger partial charge >= 0.3 is 0 Å². The molecular formula is C14H17N3O2S. The van der Waals surface area contributed by atoms with Crippen LogP contribution in [0.3, 0.4) is 0 Å². The number of hydrogen-bond acceptors (Lipinski definition) is 4. The van der Waals surface area contributed by atoms with Crippen molar-refractivity contribution in [3.8, 4) is 0 Å². The molecule has 0 fully saturated rings. The van der Waals surface area contributed by atoms with E-state index in [9.17, 15) is 8.42 Å². The summed E-state index contributed by atoms with van der Waals surface area (Å²) in [7, 11) is -3.41. The first-order valence-corrected chi connectivity index (χ1v) is 7.84. The van der Waals surface area contributed by atoms with Crippen molar-refractivity contribution in [2.24, 2.45) is 0 Å². The molecule has 0 amide bonds. The van der Waals surface area contributed by atoms with E-state index in [4.69, 9.17) is 5.73 Å². The fourth-order valence-electron chi connectivity index (χ4n) is 1.84. The van der Waals surface area contributed by atoms with Gasteiger partial charge in [0.15, 0.2) is 0 Å². The third-order valence-electron chi connectivity index (χ3n) is 2.73. The molecule has 0 radical (unpaired) electrons. The zero-order valence-electron chi connectivity index (χ0n) is 11.2. The Morgan fingerprint density at radius 1 is 1.20 bits per heavy atom. The standard InChI is InChI=1S/C14H17N3O2S/c1-11-4-2-7-14(17-11)9-16-20(18,19)10-12-5-3-6-13(15)8-12/h2-8,16H,9-10,15H2,1H3. The number of rotatable bonds is 5. The van der Waals surface area contributed by atoms with Crippen molar-refractivity contribution in [1.82, 2.24) is 9.71 Å². The van der Waals surface area contributed by atoms with Gasteiger partial charge in [-0.15, -0.1) is 0 Å². The number of nitrogen functional groups attached to an aromatic ring is 1. The Kier molecular flexibility index (Phi) is 4.36. The molecule has 0 saturated carbocycles. The van der Waals surface area contributed by atoms with E-state index in [1.165, 1.54) is 0 Å². The maximum absolute atomic E-state index is 12.0. The van der Waals surface area contributed by atoms with Crippen LogP contribution in [0.4, 0.5) is 5.69 Å². The Labute approximate surface area is 118 Å². The number of benzene rings is 1. The zero-order chi connectivity index (χ0) is 14.6. The summed E-state index contributed by atoms with van der Waals surface area (Å²) in [6.07, 6.45) is 0. The van der Waals surface area contributed by atoms with Gasteiger partial charge in [0.1, 0.15) is 0 Å². The number of pyridine rings is 1. The molecule has 1 heterocycles. The van der Waals surface area contributed by atoms with Crippen molar-refractivity contribution >= 4 is 15.7 Å². The van der Waals surface area contributed by atoms with E-state index < -0.39 is 10.0 Å². The quantitative estimate of drug-likeness (QED) is 0.819. The maximum atomic E-state index is 12.0. The molecule has 1 aromatic heterocycles. The second-order valence-corrected chi connectivity index (χ2v) is 6.40. The van der Waals surface area contributed by atoms with E-state index >= 15 is 0 Å². The highest BCUT2D eigenvalue weighted by atomic mass is 32.2. The van der Waals surface area contributed by atoms with Crippen molar-refractivity contribution in [1.29, 1.82) is 0 Å². The van der Waals surface area contributed by atoms with E-state index in [-0.39, 0.29) is 12.3 Å². The fraction of sp³-hybridized carbons (Fsp3) is 0.214. The zero-order valence-corrected chi connectivity index (χ0v) is 12.0. The first kappa shape index (κ1) is 14.5. The molecule has 0 spiro atoms. The normalized spacial score (nSPS) is 11.4. The third kappa shape index (κ3) is 4.32. The monoisotopic (exact) mass is 291 g/mol. The van der Waals surface area contributed by atoms with Crippen molar-refractivity contribution in [2.45, 2.75) is 19.2 Å². The van der Waals surface area contributed by atoms with E-state index in [0.717, 1.165) is 5.69 Å². The summed E-state index contributed by atoms with van der Waals surface area (Å²) in [5.74, 6) is -0.0934. The maximum Gasteiger partial charge on any atom is 0.216 e. The lowest BCUT2D eigenvalue weighted by atomic mass is 10.2. The molecule has 0 saturated heterocycles. The summed E-state index contributed by atoms with van der Waals surface area (Å²) in [5, 5.41) is 0. The average molecular weight is 291 g/mol. The smallest absolute Gasteiger partial charge is 0.216 e. The van der Waals surface area contributed by atoms with E-state index in [1.807, 2.05) is 19.1 Å². The van der Waals surface area contributed by atoms with Gasteiger partial charge in [-0.25, -0.2) is 13.1 Å². The highest BCUT2D eigenvalue weighted by Gasteiger charge is 2.11. The van der Waals surface area contributed by atoms with Crippen LogP contribution in [0.5, 0.6) is 0 Å². The van der Waals surface area contributed by atoms with Gasteiger partial charge in [-0.1, -0.05) is 18.2 Å². The van der Waals surface area contributed by atoms with Crippen LogP contribution >= 0.6 is 0 Å². The third-order valence-corrected chi connectivity index (χ3v) is 4.02. The van der Waals surface area contributed by atoms with Crippen molar-refractivity contribution in [3.63, 3.8) is 0 Å². The lowest BCUT2D eigenvalue weighted by molar-refractivity contribution is 0.579. The van der Waals surface area contributed by atoms with Crippen molar-refractivity contribution < 1.29 is 8.42 Å². The number of nitrogens with one attached hydrogen (secondary N) is 1. The predicted molar refractivity (Wildman–Crippen MR) is 79.3 cm³/mol. The van der Waals surface area contributed by atoms with E-state index in [0.29, 0.717) is 16.9 Å². The van der Waals surface area contributed by atoms with Crippen LogP contribution in [-0.2, 0) is 22.3 Å². The molecule has 2 aromatic rings. The minimum absolute atomic E-state index is 0.0934. The molecule has 5 nitrogen and oxygen atoms in total. The van der Waals surface area contributed by atoms with Gasteiger partial charge in [0.25, 0.3) is 0 Å². The molecular weight excluding hydrogens is 274 g/mol. The van der Waals surface area contributed by atoms with Crippen LogP contribution in [0.25, 0.3) is 0 Å². The van der Waals surface area contributed by atoms with Gasteiger partial charge in [-0.05, 0) is 36.8 Å². The number of nitrogens with zero attached hydrogens (tertiary/aromatic N) is 1. The summed E-state index contributed by atoms with van der Waals surface area (Å²) in [6.45, 7) is 2.05. The number of sulfonamides is 1. The largest absolute Gasteiger partial charge is 0.399 e. The second kappa shape index (κ2) is 6.02. The number of nitrogens with two attached hydrogens (primary N) is 1. The molecule has 0 aliphatic heterocycles. The molecule has 0 aliphatic rings. The predicted octanol–water partition coefficient (Wildman–Crippen LogP) is 1.59. The number of anilines is 1. The average Bonchev–Trinajstić information content (AvgIpc) is 2.36. The number of aryl methyl sites for hydroxylation is 1. The number of aromatic nitrogens is 1. The van der Waals surface area contributed by atoms with Crippen molar-refractivity contribution in [3.05, 3.63) is 59.4 Å². The Balaban J connectivity index is 2.01. The van der Waals surface area contributed by atoms with Gasteiger partial charge in [0, 0.05) is 11.4 Å². The summed E-state index contributed by atoms with van der Waals surface area (Å²) in [5.41, 5.74) is 8.40. The molecule has 106 valence electrons. The summed E-state index contributed by atoms with van der Waals surface area (Å²) in [4.78, 5) is 4.25. The Bertz CT molecular complexity index is 699. The van der Waals surface area contributed by atoms with Gasteiger partial charge in [0.05, 0.1) is 18.0 Å². The minimum Gasteiger partial charge on any atom is -0.399 e. The molecule has 0 bridgehead atoms. The topological polar surface area (TPSA) is 85.1 Å². The Hall–Kier alpha value is -1.92. The molecule has 0 atom stereocenters. The van der Waals surface area contributed by atoms with Crippen LogP contribution < -0.4 is 10.5 Å². The highest BCUT2D eigenvalue weighted by molar-refractivity contribution is 7.88.